The van der Waals surface area contributed by atoms with Gasteiger partial charge in [-0.05, 0) is 48.0 Å². The number of benzene rings is 3. The smallest absolute Gasteiger partial charge is 0.124 e. The van der Waals surface area contributed by atoms with Crippen LogP contribution in [0.15, 0.2) is 77.8 Å². The van der Waals surface area contributed by atoms with Gasteiger partial charge in [-0.15, -0.1) is 11.3 Å². The lowest BCUT2D eigenvalue weighted by Gasteiger charge is -1.98. The number of halogens is 2. The van der Waals surface area contributed by atoms with Gasteiger partial charge >= 0.3 is 0 Å². The minimum absolute atomic E-state index is 0.616. The quantitative estimate of drug-likeness (QED) is 0.317. The van der Waals surface area contributed by atoms with Gasteiger partial charge < -0.3 is 0 Å². The second-order valence-corrected chi connectivity index (χ2v) is 7.71. The number of nitrogens with zero attached hydrogens (tertiary/aromatic N) is 2. The van der Waals surface area contributed by atoms with Crippen molar-refractivity contribution in [2.75, 3.05) is 0 Å². The van der Waals surface area contributed by atoms with E-state index in [9.17, 15) is 0 Å². The number of hydrogen-bond acceptors (Lipinski definition) is 3. The van der Waals surface area contributed by atoms with Crippen molar-refractivity contribution in [3.05, 3.63) is 88.4 Å². The van der Waals surface area contributed by atoms with Crippen LogP contribution in [0.1, 0.15) is 5.56 Å². The fraction of sp³-hybridized carbons (Fsp3) is 0. The first-order valence-electron chi connectivity index (χ1n) is 8.31. The van der Waals surface area contributed by atoms with Crippen LogP contribution in [0.2, 0.25) is 10.0 Å². The van der Waals surface area contributed by atoms with Gasteiger partial charge in [0.1, 0.15) is 5.01 Å². The normalized spacial score (nSPS) is 11.8. The third kappa shape index (κ3) is 4.28. The fourth-order valence-corrected chi connectivity index (χ4v) is 4.06. The molecule has 27 heavy (non-hydrogen) atoms. The molecule has 4 aromatic rings. The Labute approximate surface area is 171 Å². The lowest BCUT2D eigenvalue weighted by atomic mass is 10.2. The second kappa shape index (κ2) is 8.05. The van der Waals surface area contributed by atoms with Crippen molar-refractivity contribution in [3.63, 3.8) is 0 Å². The van der Waals surface area contributed by atoms with Crippen molar-refractivity contribution in [2.45, 2.75) is 0 Å². The van der Waals surface area contributed by atoms with Crippen LogP contribution in [0.25, 0.3) is 26.9 Å². The number of aromatic nitrogens is 1. The second-order valence-electron chi connectivity index (χ2n) is 5.84. The Bertz CT molecular complexity index is 1130. The van der Waals surface area contributed by atoms with Crippen LogP contribution in [0.4, 0.5) is 5.69 Å². The van der Waals surface area contributed by atoms with E-state index in [0.717, 1.165) is 27.3 Å². The molecule has 0 atom stereocenters. The van der Waals surface area contributed by atoms with E-state index < -0.39 is 0 Å². The van der Waals surface area contributed by atoms with E-state index in [-0.39, 0.29) is 0 Å². The molecule has 0 N–H and O–H groups in total. The van der Waals surface area contributed by atoms with Crippen LogP contribution in [-0.2, 0) is 0 Å². The van der Waals surface area contributed by atoms with Crippen molar-refractivity contribution in [1.29, 1.82) is 0 Å². The van der Waals surface area contributed by atoms with Gasteiger partial charge in [0.15, 0.2) is 0 Å². The van der Waals surface area contributed by atoms with Crippen molar-refractivity contribution in [3.8, 4) is 10.6 Å². The average Bonchev–Trinajstić information content (AvgIpc) is 3.11. The first-order valence-corrected chi connectivity index (χ1v) is 9.88. The van der Waals surface area contributed by atoms with E-state index in [1.165, 1.54) is 4.70 Å². The molecule has 0 aliphatic carbocycles. The number of allylic oxidation sites excluding steroid dienone is 1. The minimum atomic E-state index is 0.616. The Morgan fingerprint density at radius 2 is 1.81 bits per heavy atom. The molecule has 0 saturated carbocycles. The van der Waals surface area contributed by atoms with Crippen LogP contribution in [-0.4, -0.2) is 11.2 Å². The fourth-order valence-electron chi connectivity index (χ4n) is 2.63. The summed E-state index contributed by atoms with van der Waals surface area (Å²) < 4.78 is 1.18. The van der Waals surface area contributed by atoms with Gasteiger partial charge in [-0.3, -0.25) is 4.99 Å². The molecule has 1 aromatic heterocycles. The Balaban J connectivity index is 1.53. The maximum absolute atomic E-state index is 6.16. The molecule has 0 radical (unpaired) electrons. The number of hydrogen-bond donors (Lipinski definition) is 0. The molecule has 0 fully saturated rings. The molecule has 0 bridgehead atoms. The Morgan fingerprint density at radius 3 is 2.67 bits per heavy atom. The number of aliphatic imine (C=N–C) groups is 1. The Kier molecular flexibility index (Phi) is 5.35. The van der Waals surface area contributed by atoms with E-state index in [1.54, 1.807) is 23.6 Å². The maximum atomic E-state index is 6.16. The predicted molar refractivity (Wildman–Crippen MR) is 119 cm³/mol. The van der Waals surface area contributed by atoms with Crippen molar-refractivity contribution in [1.82, 2.24) is 4.98 Å². The summed E-state index contributed by atoms with van der Waals surface area (Å²) in [4.78, 5) is 9.21. The minimum Gasteiger partial charge on any atom is -0.257 e. The zero-order chi connectivity index (χ0) is 18.6. The molecular weight excluding hydrogens is 395 g/mol. The summed E-state index contributed by atoms with van der Waals surface area (Å²) in [7, 11) is 0. The number of rotatable bonds is 4. The monoisotopic (exact) mass is 408 g/mol. The van der Waals surface area contributed by atoms with E-state index >= 15 is 0 Å². The van der Waals surface area contributed by atoms with Gasteiger partial charge in [-0.1, -0.05) is 59.6 Å². The largest absolute Gasteiger partial charge is 0.257 e. The summed E-state index contributed by atoms with van der Waals surface area (Å²) in [6.45, 7) is 0. The Morgan fingerprint density at radius 1 is 0.926 bits per heavy atom. The highest BCUT2D eigenvalue weighted by Gasteiger charge is 2.06. The molecule has 0 amide bonds. The predicted octanol–water partition coefficient (Wildman–Crippen LogP) is 7.69. The van der Waals surface area contributed by atoms with Crippen LogP contribution in [0, 0.1) is 0 Å². The SMILES string of the molecule is Clc1ccc(/C=C/C=Nc2cccc(-c3nc4ccccc4s3)c2)c(Cl)c1. The molecule has 132 valence electrons. The molecule has 1 heterocycles. The van der Waals surface area contributed by atoms with Gasteiger partial charge in [0, 0.05) is 21.8 Å². The third-order valence-electron chi connectivity index (χ3n) is 3.93. The summed E-state index contributed by atoms with van der Waals surface area (Å²) in [5.41, 5.74) is 3.86. The van der Waals surface area contributed by atoms with Crippen LogP contribution in [0.5, 0.6) is 0 Å². The topological polar surface area (TPSA) is 25.2 Å². The highest BCUT2D eigenvalue weighted by atomic mass is 35.5. The van der Waals surface area contributed by atoms with Gasteiger partial charge in [-0.25, -0.2) is 4.98 Å². The standard InChI is InChI=1S/C22H14Cl2N2S/c23-17-11-10-15(19(24)14-17)6-4-12-25-18-7-3-5-16(13-18)22-26-20-8-1-2-9-21(20)27-22/h1-14H/b6-4+,25-12?. The molecule has 0 aliphatic rings. The molecule has 0 saturated heterocycles. The molecule has 0 unspecified atom stereocenters. The van der Waals surface area contributed by atoms with Crippen LogP contribution in [0.3, 0.4) is 0 Å². The molecule has 0 spiro atoms. The van der Waals surface area contributed by atoms with E-state index in [1.807, 2.05) is 60.7 Å². The lowest BCUT2D eigenvalue weighted by molar-refractivity contribution is 1.46. The van der Waals surface area contributed by atoms with E-state index in [4.69, 9.17) is 28.2 Å². The van der Waals surface area contributed by atoms with Crippen molar-refractivity contribution >= 4 is 62.7 Å². The lowest BCUT2D eigenvalue weighted by Crippen LogP contribution is -1.77. The maximum Gasteiger partial charge on any atom is 0.124 e. The molecule has 5 heteroatoms. The van der Waals surface area contributed by atoms with Crippen molar-refractivity contribution < 1.29 is 0 Å². The molecule has 4 rings (SSSR count). The summed E-state index contributed by atoms with van der Waals surface area (Å²) >= 11 is 13.8. The summed E-state index contributed by atoms with van der Waals surface area (Å²) in [6.07, 6.45) is 5.52. The van der Waals surface area contributed by atoms with Crippen LogP contribution >= 0.6 is 34.5 Å². The van der Waals surface area contributed by atoms with Gasteiger partial charge in [0.25, 0.3) is 0 Å². The van der Waals surface area contributed by atoms with E-state index in [2.05, 4.69) is 17.1 Å². The molecular formula is C22H14Cl2N2S. The van der Waals surface area contributed by atoms with Crippen LogP contribution < -0.4 is 0 Å². The van der Waals surface area contributed by atoms with Crippen molar-refractivity contribution in [2.24, 2.45) is 4.99 Å². The van der Waals surface area contributed by atoms with Gasteiger partial charge in [0.2, 0.25) is 0 Å². The third-order valence-corrected chi connectivity index (χ3v) is 5.58. The molecule has 0 aliphatic heterocycles. The molecule has 2 nitrogen and oxygen atoms in total. The van der Waals surface area contributed by atoms with Gasteiger partial charge in [0.05, 0.1) is 15.9 Å². The summed E-state index contributed by atoms with van der Waals surface area (Å²) in [5, 5.41) is 2.24. The van der Waals surface area contributed by atoms with Gasteiger partial charge in [-0.2, -0.15) is 0 Å². The Hall–Kier alpha value is -2.46. The first kappa shape index (κ1) is 17.9. The average molecular weight is 409 g/mol. The molecule has 3 aromatic carbocycles. The zero-order valence-corrected chi connectivity index (χ0v) is 16.5. The van der Waals surface area contributed by atoms with E-state index in [0.29, 0.717) is 10.0 Å². The highest BCUT2D eigenvalue weighted by molar-refractivity contribution is 7.21. The first-order chi connectivity index (χ1) is 13.2. The number of fused-ring (bicyclic) bond motifs is 1. The highest BCUT2D eigenvalue weighted by Crippen LogP contribution is 2.31. The summed E-state index contributed by atoms with van der Waals surface area (Å²) in [6, 6.07) is 21.6. The summed E-state index contributed by atoms with van der Waals surface area (Å²) in [5.74, 6) is 0. The number of para-hydroxylation sites is 1. The zero-order valence-electron chi connectivity index (χ0n) is 14.1. The number of thiazole rings is 1.